The third kappa shape index (κ3) is 6.82. The molecule has 0 saturated heterocycles. The molecule has 1 amide bonds. The van der Waals surface area contributed by atoms with Gasteiger partial charge in [-0.25, -0.2) is 0 Å². The van der Waals surface area contributed by atoms with Gasteiger partial charge in [-0.1, -0.05) is 35.9 Å². The molecule has 0 saturated carbocycles. The Morgan fingerprint density at radius 2 is 1.48 bits per heavy atom. The van der Waals surface area contributed by atoms with Crippen LogP contribution in [0.1, 0.15) is 32.7 Å². The van der Waals surface area contributed by atoms with Crippen molar-refractivity contribution in [1.82, 2.24) is 0 Å². The van der Waals surface area contributed by atoms with E-state index in [-0.39, 0.29) is 31.3 Å². The largest absolute Gasteiger partial charge is 0.493 e. The first-order valence-electron chi connectivity index (χ1n) is 9.86. The third-order valence-corrected chi connectivity index (χ3v) is 4.46. The van der Waals surface area contributed by atoms with Crippen LogP contribution in [0.5, 0.6) is 5.75 Å². The number of carbonyl (C=O) groups is 3. The fraction of sp³-hybridized carbons (Fsp3) is 0.160. The Morgan fingerprint density at radius 3 is 2.16 bits per heavy atom. The predicted octanol–water partition coefficient (Wildman–Crippen LogP) is 4.44. The molecule has 0 aliphatic heterocycles. The van der Waals surface area contributed by atoms with Crippen LogP contribution >= 0.6 is 0 Å². The van der Waals surface area contributed by atoms with Gasteiger partial charge in [0.25, 0.3) is 5.91 Å². The molecule has 6 heteroatoms. The first-order valence-corrected chi connectivity index (χ1v) is 9.86. The van der Waals surface area contributed by atoms with Crippen LogP contribution in [-0.2, 0) is 9.53 Å². The zero-order chi connectivity index (χ0) is 22.1. The molecule has 0 spiro atoms. The SMILES string of the molecule is Cc1ccc(OCCC(=O)OCC(=O)c2ccc(NC(=O)c3ccccc3)cc2)cc1. The van der Waals surface area contributed by atoms with Crippen molar-refractivity contribution in [3.8, 4) is 5.75 Å². The minimum absolute atomic E-state index is 0.0472. The molecule has 0 heterocycles. The maximum atomic E-state index is 12.2. The number of amides is 1. The number of Topliss-reactive ketones (excluding diaryl/α,β-unsaturated/α-hetero) is 1. The van der Waals surface area contributed by atoms with Gasteiger partial charge in [0.1, 0.15) is 5.75 Å². The van der Waals surface area contributed by atoms with E-state index < -0.39 is 5.97 Å². The summed E-state index contributed by atoms with van der Waals surface area (Å²) in [4.78, 5) is 36.2. The Bertz CT molecular complexity index is 1030. The van der Waals surface area contributed by atoms with Gasteiger partial charge < -0.3 is 14.8 Å². The first kappa shape index (κ1) is 21.8. The summed E-state index contributed by atoms with van der Waals surface area (Å²) >= 11 is 0. The molecule has 0 bridgehead atoms. The Labute approximate surface area is 180 Å². The molecule has 3 rings (SSSR count). The van der Waals surface area contributed by atoms with Crippen LogP contribution in [0, 0.1) is 6.92 Å². The number of anilines is 1. The fourth-order valence-corrected chi connectivity index (χ4v) is 2.72. The second-order valence-electron chi connectivity index (χ2n) is 6.89. The predicted molar refractivity (Wildman–Crippen MR) is 117 cm³/mol. The summed E-state index contributed by atoms with van der Waals surface area (Å²) in [6.07, 6.45) is 0.0472. The molecular formula is C25H23NO5. The van der Waals surface area contributed by atoms with Gasteiger partial charge in [-0.15, -0.1) is 0 Å². The average molecular weight is 417 g/mol. The van der Waals surface area contributed by atoms with E-state index in [1.165, 1.54) is 0 Å². The van der Waals surface area contributed by atoms with Gasteiger partial charge in [0.05, 0.1) is 13.0 Å². The van der Waals surface area contributed by atoms with Crippen molar-refractivity contribution in [2.24, 2.45) is 0 Å². The lowest BCUT2D eigenvalue weighted by molar-refractivity contribution is -0.143. The molecule has 0 aliphatic rings. The zero-order valence-corrected chi connectivity index (χ0v) is 17.2. The van der Waals surface area contributed by atoms with Crippen molar-refractivity contribution in [2.75, 3.05) is 18.5 Å². The molecule has 3 aromatic rings. The zero-order valence-electron chi connectivity index (χ0n) is 17.2. The number of benzene rings is 3. The van der Waals surface area contributed by atoms with Crippen molar-refractivity contribution >= 4 is 23.3 Å². The lowest BCUT2D eigenvalue weighted by atomic mass is 10.1. The van der Waals surface area contributed by atoms with Crippen molar-refractivity contribution in [2.45, 2.75) is 13.3 Å². The van der Waals surface area contributed by atoms with Crippen molar-refractivity contribution < 1.29 is 23.9 Å². The van der Waals surface area contributed by atoms with E-state index in [4.69, 9.17) is 9.47 Å². The Balaban J connectivity index is 1.41. The van der Waals surface area contributed by atoms with E-state index in [0.717, 1.165) is 5.56 Å². The number of hydrogen-bond acceptors (Lipinski definition) is 5. The standard InChI is InChI=1S/C25H23NO5/c1-18-7-13-22(14-8-18)30-16-15-24(28)31-17-23(27)19-9-11-21(12-10-19)26-25(29)20-5-3-2-4-6-20/h2-14H,15-17H2,1H3,(H,26,29). The molecule has 31 heavy (non-hydrogen) atoms. The second kappa shape index (κ2) is 10.7. The molecular weight excluding hydrogens is 394 g/mol. The number of hydrogen-bond donors (Lipinski definition) is 1. The molecule has 0 aromatic heterocycles. The first-order chi connectivity index (χ1) is 15.0. The van der Waals surface area contributed by atoms with E-state index in [2.05, 4.69) is 5.32 Å². The van der Waals surface area contributed by atoms with Crippen molar-refractivity contribution in [1.29, 1.82) is 0 Å². The Kier molecular flexibility index (Phi) is 7.54. The monoisotopic (exact) mass is 417 g/mol. The maximum absolute atomic E-state index is 12.2. The maximum Gasteiger partial charge on any atom is 0.309 e. The normalized spacial score (nSPS) is 10.2. The second-order valence-corrected chi connectivity index (χ2v) is 6.89. The van der Waals surface area contributed by atoms with Gasteiger partial charge >= 0.3 is 5.97 Å². The highest BCUT2D eigenvalue weighted by Gasteiger charge is 2.11. The molecule has 3 aromatic carbocycles. The van der Waals surface area contributed by atoms with Gasteiger partial charge in [-0.2, -0.15) is 0 Å². The smallest absolute Gasteiger partial charge is 0.309 e. The van der Waals surface area contributed by atoms with E-state index in [1.54, 1.807) is 48.5 Å². The minimum Gasteiger partial charge on any atom is -0.493 e. The van der Waals surface area contributed by atoms with Gasteiger partial charge in [0.2, 0.25) is 0 Å². The molecule has 158 valence electrons. The van der Waals surface area contributed by atoms with Gasteiger partial charge in [-0.05, 0) is 55.5 Å². The van der Waals surface area contributed by atoms with Crippen molar-refractivity contribution in [3.05, 3.63) is 95.6 Å². The number of esters is 1. The van der Waals surface area contributed by atoms with E-state index in [9.17, 15) is 14.4 Å². The number of rotatable bonds is 9. The quantitative estimate of drug-likeness (QED) is 0.411. The van der Waals surface area contributed by atoms with Gasteiger partial charge in [0.15, 0.2) is 12.4 Å². The van der Waals surface area contributed by atoms with Crippen LogP contribution in [-0.4, -0.2) is 30.9 Å². The van der Waals surface area contributed by atoms with Crippen LogP contribution < -0.4 is 10.1 Å². The van der Waals surface area contributed by atoms with Crippen LogP contribution in [0.25, 0.3) is 0 Å². The summed E-state index contributed by atoms with van der Waals surface area (Å²) in [7, 11) is 0. The Morgan fingerprint density at radius 1 is 0.806 bits per heavy atom. The average Bonchev–Trinajstić information content (AvgIpc) is 2.80. The molecule has 6 nitrogen and oxygen atoms in total. The highest BCUT2D eigenvalue weighted by molar-refractivity contribution is 6.04. The number of aryl methyl sites for hydroxylation is 1. The third-order valence-electron chi connectivity index (χ3n) is 4.46. The van der Waals surface area contributed by atoms with Crippen LogP contribution in [0.4, 0.5) is 5.69 Å². The topological polar surface area (TPSA) is 81.7 Å². The summed E-state index contributed by atoms with van der Waals surface area (Å²) in [5.74, 6) is -0.392. The number of ketones is 1. The summed E-state index contributed by atoms with van der Waals surface area (Å²) < 4.78 is 10.5. The highest BCUT2D eigenvalue weighted by Crippen LogP contribution is 2.13. The van der Waals surface area contributed by atoms with E-state index in [1.807, 2.05) is 37.3 Å². The van der Waals surface area contributed by atoms with E-state index >= 15 is 0 Å². The van der Waals surface area contributed by atoms with Gasteiger partial charge in [-0.3, -0.25) is 14.4 Å². The number of nitrogens with one attached hydrogen (secondary N) is 1. The lowest BCUT2D eigenvalue weighted by Crippen LogP contribution is -2.16. The summed E-state index contributed by atoms with van der Waals surface area (Å²) in [6, 6.07) is 22.8. The minimum atomic E-state index is -0.507. The fourth-order valence-electron chi connectivity index (χ4n) is 2.72. The summed E-state index contributed by atoms with van der Waals surface area (Å²) in [5.41, 5.74) is 2.62. The molecule has 1 N–H and O–H groups in total. The molecule has 0 radical (unpaired) electrons. The molecule has 0 atom stereocenters. The molecule has 0 unspecified atom stereocenters. The summed E-state index contributed by atoms with van der Waals surface area (Å²) in [5, 5.41) is 2.76. The van der Waals surface area contributed by atoms with Crippen LogP contribution in [0.3, 0.4) is 0 Å². The lowest BCUT2D eigenvalue weighted by Gasteiger charge is -2.08. The van der Waals surface area contributed by atoms with Crippen LogP contribution in [0.15, 0.2) is 78.9 Å². The highest BCUT2D eigenvalue weighted by atomic mass is 16.5. The Hall–Kier alpha value is -3.93. The van der Waals surface area contributed by atoms with Crippen LogP contribution in [0.2, 0.25) is 0 Å². The van der Waals surface area contributed by atoms with Gasteiger partial charge in [0, 0.05) is 16.8 Å². The summed E-state index contributed by atoms with van der Waals surface area (Å²) in [6.45, 7) is 1.80. The molecule has 0 aliphatic carbocycles. The number of carbonyl (C=O) groups excluding carboxylic acids is 3. The van der Waals surface area contributed by atoms with E-state index in [0.29, 0.717) is 22.6 Å². The number of ether oxygens (including phenoxy) is 2. The van der Waals surface area contributed by atoms with Crippen molar-refractivity contribution in [3.63, 3.8) is 0 Å². The molecule has 0 fully saturated rings.